The molecule has 0 spiro atoms. The molecule has 1 heterocycles. The van der Waals surface area contributed by atoms with E-state index in [-0.39, 0.29) is 5.78 Å². The van der Waals surface area contributed by atoms with E-state index in [0.717, 1.165) is 33.3 Å². The Bertz CT molecular complexity index is 697. The maximum atomic E-state index is 12.3. The number of rotatable bonds is 4. The van der Waals surface area contributed by atoms with E-state index in [2.05, 4.69) is 15.9 Å². The molecule has 21 heavy (non-hydrogen) atoms. The molecule has 2 aromatic rings. The minimum atomic E-state index is 0.160. The summed E-state index contributed by atoms with van der Waals surface area (Å²) in [6.45, 7) is 0.669. The molecule has 1 aliphatic heterocycles. The number of benzene rings is 2. The molecule has 0 aliphatic carbocycles. The van der Waals surface area contributed by atoms with Crippen molar-refractivity contribution >= 4 is 33.3 Å². The second-order valence-corrected chi connectivity index (χ2v) is 6.53. The lowest BCUT2D eigenvalue weighted by Crippen LogP contribution is -2.07. The maximum Gasteiger partial charge on any atom is 0.141 e. The highest BCUT2D eigenvalue weighted by molar-refractivity contribution is 9.10. The number of halogens is 2. The standard InChI is InChI=1S/C17H14BrClO2/c18-14-3-1-2-11(6-14)7-16(20)10-13-9-15(19)8-12-4-5-21-17(12)13/h1-3,6,8-9H,4-5,7,10H2. The summed E-state index contributed by atoms with van der Waals surface area (Å²) in [6.07, 6.45) is 1.64. The molecule has 0 saturated heterocycles. The van der Waals surface area contributed by atoms with Crippen LogP contribution in [0.3, 0.4) is 0 Å². The number of ketones is 1. The van der Waals surface area contributed by atoms with Gasteiger partial charge in [0.25, 0.3) is 0 Å². The molecule has 4 heteroatoms. The quantitative estimate of drug-likeness (QED) is 0.803. The highest BCUT2D eigenvalue weighted by Gasteiger charge is 2.19. The topological polar surface area (TPSA) is 26.3 Å². The number of carbonyl (C=O) groups excluding carboxylic acids is 1. The van der Waals surface area contributed by atoms with E-state index in [1.165, 1.54) is 0 Å². The van der Waals surface area contributed by atoms with Crippen LogP contribution in [0, 0.1) is 0 Å². The molecular formula is C17H14BrClO2. The van der Waals surface area contributed by atoms with Gasteiger partial charge < -0.3 is 4.74 Å². The summed E-state index contributed by atoms with van der Waals surface area (Å²) in [5, 5.41) is 0.671. The SMILES string of the molecule is O=C(Cc1cccc(Br)c1)Cc1cc(Cl)cc2c1OCC2. The molecular weight excluding hydrogens is 352 g/mol. The van der Waals surface area contributed by atoms with Gasteiger partial charge in [-0.1, -0.05) is 39.7 Å². The second-order valence-electron chi connectivity index (χ2n) is 5.17. The minimum Gasteiger partial charge on any atom is -0.493 e. The van der Waals surface area contributed by atoms with E-state index in [1.54, 1.807) is 0 Å². The summed E-state index contributed by atoms with van der Waals surface area (Å²) in [6, 6.07) is 11.6. The van der Waals surface area contributed by atoms with Crippen LogP contribution in [0.4, 0.5) is 0 Å². The molecule has 0 aromatic heterocycles. The molecule has 0 fully saturated rings. The second kappa shape index (κ2) is 6.20. The van der Waals surface area contributed by atoms with Crippen molar-refractivity contribution in [3.63, 3.8) is 0 Å². The predicted octanol–water partition coefficient (Wildman–Crippen LogP) is 4.39. The first kappa shape index (κ1) is 14.6. The van der Waals surface area contributed by atoms with E-state index >= 15 is 0 Å². The highest BCUT2D eigenvalue weighted by atomic mass is 79.9. The average molecular weight is 366 g/mol. The van der Waals surface area contributed by atoms with Gasteiger partial charge in [0.15, 0.2) is 0 Å². The van der Waals surface area contributed by atoms with Crippen molar-refractivity contribution in [1.29, 1.82) is 0 Å². The Morgan fingerprint density at radius 3 is 2.90 bits per heavy atom. The Kier molecular flexibility index (Phi) is 4.32. The molecule has 2 aromatic carbocycles. The maximum absolute atomic E-state index is 12.3. The van der Waals surface area contributed by atoms with Crippen LogP contribution in [0.5, 0.6) is 5.75 Å². The number of Topliss-reactive ketones (excluding diaryl/α,β-unsaturated/α-hetero) is 1. The summed E-state index contributed by atoms with van der Waals surface area (Å²) < 4.78 is 6.62. The molecule has 3 rings (SSSR count). The van der Waals surface area contributed by atoms with Gasteiger partial charge in [0.05, 0.1) is 6.61 Å². The van der Waals surface area contributed by atoms with Gasteiger partial charge >= 0.3 is 0 Å². The van der Waals surface area contributed by atoms with Gasteiger partial charge in [0.1, 0.15) is 11.5 Å². The number of hydrogen-bond donors (Lipinski definition) is 0. The van der Waals surface area contributed by atoms with Crippen molar-refractivity contribution < 1.29 is 9.53 Å². The first-order valence-electron chi connectivity index (χ1n) is 6.82. The van der Waals surface area contributed by atoms with Crippen LogP contribution in [-0.4, -0.2) is 12.4 Å². The zero-order valence-corrected chi connectivity index (χ0v) is 13.7. The molecule has 0 radical (unpaired) electrons. The lowest BCUT2D eigenvalue weighted by Gasteiger charge is -2.08. The van der Waals surface area contributed by atoms with Crippen LogP contribution in [0.15, 0.2) is 40.9 Å². The third kappa shape index (κ3) is 3.47. The van der Waals surface area contributed by atoms with Gasteiger partial charge in [-0.25, -0.2) is 0 Å². The Labute approximate surface area is 137 Å². The third-order valence-electron chi connectivity index (χ3n) is 3.50. The molecule has 0 N–H and O–H groups in total. The van der Waals surface area contributed by atoms with Crippen LogP contribution < -0.4 is 4.74 Å². The van der Waals surface area contributed by atoms with Crippen LogP contribution in [0.1, 0.15) is 16.7 Å². The first-order valence-corrected chi connectivity index (χ1v) is 7.99. The van der Waals surface area contributed by atoms with Crippen molar-refractivity contribution in [3.8, 4) is 5.75 Å². The number of fused-ring (bicyclic) bond motifs is 1. The van der Waals surface area contributed by atoms with Crippen LogP contribution in [0.25, 0.3) is 0 Å². The predicted molar refractivity (Wildman–Crippen MR) is 87.2 cm³/mol. The van der Waals surface area contributed by atoms with Gasteiger partial charge in [0, 0.05) is 34.3 Å². The summed E-state index contributed by atoms with van der Waals surface area (Å²) >= 11 is 9.54. The number of hydrogen-bond acceptors (Lipinski definition) is 2. The zero-order valence-electron chi connectivity index (χ0n) is 11.4. The third-order valence-corrected chi connectivity index (χ3v) is 4.21. The largest absolute Gasteiger partial charge is 0.493 e. The lowest BCUT2D eigenvalue weighted by molar-refractivity contribution is -0.117. The highest BCUT2D eigenvalue weighted by Crippen LogP contribution is 2.33. The minimum absolute atomic E-state index is 0.160. The number of ether oxygens (including phenoxy) is 1. The average Bonchev–Trinajstić information content (AvgIpc) is 2.86. The molecule has 1 aliphatic rings. The van der Waals surface area contributed by atoms with Crippen molar-refractivity contribution in [2.24, 2.45) is 0 Å². The summed E-state index contributed by atoms with van der Waals surface area (Å²) in [7, 11) is 0. The lowest BCUT2D eigenvalue weighted by atomic mass is 10.00. The molecule has 108 valence electrons. The Hall–Kier alpha value is -1.32. The zero-order chi connectivity index (χ0) is 14.8. The van der Waals surface area contributed by atoms with E-state index in [1.807, 2.05) is 36.4 Å². The van der Waals surface area contributed by atoms with E-state index in [9.17, 15) is 4.79 Å². The first-order chi connectivity index (χ1) is 10.1. The monoisotopic (exact) mass is 364 g/mol. The van der Waals surface area contributed by atoms with Crippen molar-refractivity contribution in [2.45, 2.75) is 19.3 Å². The Morgan fingerprint density at radius 1 is 1.24 bits per heavy atom. The van der Waals surface area contributed by atoms with Crippen molar-refractivity contribution in [1.82, 2.24) is 0 Å². The van der Waals surface area contributed by atoms with Crippen LogP contribution >= 0.6 is 27.5 Å². The van der Waals surface area contributed by atoms with Gasteiger partial charge in [0.2, 0.25) is 0 Å². The summed E-state index contributed by atoms with van der Waals surface area (Å²) in [5.74, 6) is 1.01. The van der Waals surface area contributed by atoms with Gasteiger partial charge in [-0.2, -0.15) is 0 Å². The van der Waals surface area contributed by atoms with Crippen LogP contribution in [-0.2, 0) is 24.1 Å². The van der Waals surface area contributed by atoms with Gasteiger partial charge in [-0.15, -0.1) is 0 Å². The van der Waals surface area contributed by atoms with Gasteiger partial charge in [-0.3, -0.25) is 4.79 Å². The molecule has 0 unspecified atom stereocenters. The fraction of sp³-hybridized carbons (Fsp3) is 0.235. The summed E-state index contributed by atoms with van der Waals surface area (Å²) in [4.78, 5) is 12.3. The summed E-state index contributed by atoms with van der Waals surface area (Å²) in [5.41, 5.74) is 3.01. The molecule has 0 saturated carbocycles. The van der Waals surface area contributed by atoms with Crippen LogP contribution in [0.2, 0.25) is 5.02 Å². The van der Waals surface area contributed by atoms with Crippen molar-refractivity contribution in [2.75, 3.05) is 6.61 Å². The normalized spacial score (nSPS) is 12.9. The fourth-order valence-corrected chi connectivity index (χ4v) is 3.34. The molecule has 0 amide bonds. The molecule has 0 atom stereocenters. The smallest absolute Gasteiger partial charge is 0.141 e. The van der Waals surface area contributed by atoms with Crippen molar-refractivity contribution in [3.05, 3.63) is 62.6 Å². The number of carbonyl (C=O) groups is 1. The van der Waals surface area contributed by atoms with E-state index in [0.29, 0.717) is 24.5 Å². The Balaban J connectivity index is 1.76. The van der Waals surface area contributed by atoms with E-state index < -0.39 is 0 Å². The van der Waals surface area contributed by atoms with E-state index in [4.69, 9.17) is 16.3 Å². The molecule has 0 bridgehead atoms. The van der Waals surface area contributed by atoms with Gasteiger partial charge in [-0.05, 0) is 35.4 Å². The molecule has 2 nitrogen and oxygen atoms in total. The Morgan fingerprint density at radius 2 is 2.10 bits per heavy atom. The fourth-order valence-electron chi connectivity index (χ4n) is 2.63.